The van der Waals surface area contributed by atoms with E-state index in [2.05, 4.69) is 9.98 Å². The van der Waals surface area contributed by atoms with Crippen LogP contribution in [0.15, 0.2) is 17.1 Å². The second kappa shape index (κ2) is 5.71. The number of hydrogen-bond donors (Lipinski definition) is 2. The number of rotatable bonds is 4. The Kier molecular flexibility index (Phi) is 3.76. The second-order valence-corrected chi connectivity index (χ2v) is 5.58. The van der Waals surface area contributed by atoms with E-state index in [1.54, 1.807) is 14.2 Å². The van der Waals surface area contributed by atoms with Crippen LogP contribution in [-0.4, -0.2) is 30.7 Å². The van der Waals surface area contributed by atoms with Crippen LogP contribution in [0.1, 0.15) is 10.4 Å². The summed E-state index contributed by atoms with van der Waals surface area (Å²) in [6, 6.07) is 3.97. The van der Waals surface area contributed by atoms with E-state index in [4.69, 9.17) is 14.7 Å². The highest BCUT2D eigenvalue weighted by atomic mass is 32.1. The predicted octanol–water partition coefficient (Wildman–Crippen LogP) is 2.56. The fraction of sp³-hybridized carbons (Fsp3) is 0.286. The molecule has 0 amide bonds. The topological polar surface area (TPSA) is 76.0 Å². The lowest BCUT2D eigenvalue weighted by atomic mass is 9.93. The number of methoxy groups -OCH3 is 2. The van der Waals surface area contributed by atoms with E-state index in [-0.39, 0.29) is 0 Å². The monoisotopic (exact) mass is 305 g/mol. The molecule has 0 fully saturated rings. The van der Waals surface area contributed by atoms with Crippen molar-refractivity contribution in [3.63, 3.8) is 0 Å². The van der Waals surface area contributed by atoms with Gasteiger partial charge in [0.1, 0.15) is 6.34 Å². The Labute approximate surface area is 126 Å². The number of benzene rings is 1. The van der Waals surface area contributed by atoms with Crippen molar-refractivity contribution in [2.75, 3.05) is 14.2 Å². The van der Waals surface area contributed by atoms with Crippen LogP contribution in [-0.2, 0) is 12.8 Å². The maximum atomic E-state index is 8.56. The van der Waals surface area contributed by atoms with Crippen molar-refractivity contribution in [3.05, 3.63) is 22.6 Å². The molecule has 3 rings (SSSR count). The molecule has 7 heteroatoms. The molecule has 1 aromatic carbocycles. The summed E-state index contributed by atoms with van der Waals surface area (Å²) in [7, 11) is 3.26. The van der Waals surface area contributed by atoms with E-state index in [0.717, 1.165) is 29.8 Å². The number of fused-ring (bicyclic) bond motifs is 3. The highest BCUT2D eigenvalue weighted by Gasteiger charge is 2.23. The van der Waals surface area contributed by atoms with Crippen LogP contribution in [0.2, 0.25) is 0 Å². The van der Waals surface area contributed by atoms with Crippen molar-refractivity contribution < 1.29 is 14.7 Å². The molecule has 0 aliphatic heterocycles. The van der Waals surface area contributed by atoms with Crippen LogP contribution in [0.25, 0.3) is 11.3 Å². The molecule has 2 N–H and O–H groups in total. The molecular formula is C14H15N3O3S. The summed E-state index contributed by atoms with van der Waals surface area (Å²) < 4.78 is 10.7. The first-order chi connectivity index (χ1) is 10.3. The minimum absolute atomic E-state index is 0.615. The second-order valence-electron chi connectivity index (χ2n) is 4.52. The third kappa shape index (κ3) is 2.45. The average molecular weight is 305 g/mol. The molecule has 110 valence electrons. The maximum Gasteiger partial charge on any atom is 0.211 e. The van der Waals surface area contributed by atoms with Gasteiger partial charge in [0.15, 0.2) is 11.5 Å². The zero-order chi connectivity index (χ0) is 14.8. The van der Waals surface area contributed by atoms with Crippen LogP contribution < -0.4 is 15.0 Å². The maximum absolute atomic E-state index is 8.56. The Morgan fingerprint density at radius 3 is 2.76 bits per heavy atom. The Bertz CT molecular complexity index is 697. The zero-order valence-electron chi connectivity index (χ0n) is 11.7. The van der Waals surface area contributed by atoms with Gasteiger partial charge in [0.05, 0.1) is 19.9 Å². The first-order valence-corrected chi connectivity index (χ1v) is 7.25. The number of hydrogen-bond acceptors (Lipinski definition) is 6. The Balaban J connectivity index is 2.09. The van der Waals surface area contributed by atoms with E-state index in [1.165, 1.54) is 28.1 Å². The van der Waals surface area contributed by atoms with Gasteiger partial charge in [0.2, 0.25) is 5.13 Å². The molecule has 0 spiro atoms. The fourth-order valence-electron chi connectivity index (χ4n) is 2.46. The molecule has 0 radical (unpaired) electrons. The highest BCUT2D eigenvalue weighted by molar-refractivity contribution is 7.15. The fourth-order valence-corrected chi connectivity index (χ4v) is 3.37. The van der Waals surface area contributed by atoms with Crippen molar-refractivity contribution in [1.29, 1.82) is 0 Å². The van der Waals surface area contributed by atoms with Gasteiger partial charge in [-0.1, -0.05) is 11.3 Å². The molecule has 1 aliphatic carbocycles. The van der Waals surface area contributed by atoms with Crippen molar-refractivity contribution in [2.45, 2.75) is 12.8 Å². The lowest BCUT2D eigenvalue weighted by molar-refractivity contribution is 0.240. The van der Waals surface area contributed by atoms with Gasteiger partial charge in [-0.15, -0.1) is 0 Å². The Hall–Kier alpha value is -2.12. The number of nitrogens with one attached hydrogen (secondary N) is 1. The molecule has 1 aliphatic rings. The molecule has 0 unspecified atom stereocenters. The van der Waals surface area contributed by atoms with Crippen molar-refractivity contribution in [2.24, 2.45) is 4.99 Å². The SMILES string of the molecule is COc1cc2c(cc1OC)-c1nc(/N=C/NO)sc1CC2. The number of aliphatic imine (C=N–C) groups is 1. The molecule has 6 nitrogen and oxygen atoms in total. The summed E-state index contributed by atoms with van der Waals surface area (Å²) in [6.45, 7) is 0. The predicted molar refractivity (Wildman–Crippen MR) is 81.1 cm³/mol. The van der Waals surface area contributed by atoms with Gasteiger partial charge in [-0.05, 0) is 30.5 Å². The lowest BCUT2D eigenvalue weighted by Gasteiger charge is -2.18. The van der Waals surface area contributed by atoms with Crippen LogP contribution in [0.4, 0.5) is 5.13 Å². The minimum Gasteiger partial charge on any atom is -0.493 e. The van der Waals surface area contributed by atoms with E-state index in [1.807, 2.05) is 17.6 Å². The van der Waals surface area contributed by atoms with Gasteiger partial charge >= 0.3 is 0 Å². The third-order valence-electron chi connectivity index (χ3n) is 3.40. The number of aryl methyl sites for hydroxylation is 2. The van der Waals surface area contributed by atoms with Crippen molar-refractivity contribution >= 4 is 22.8 Å². The highest BCUT2D eigenvalue weighted by Crippen LogP contribution is 2.43. The summed E-state index contributed by atoms with van der Waals surface area (Å²) in [4.78, 5) is 9.77. The lowest BCUT2D eigenvalue weighted by Crippen LogP contribution is -2.03. The zero-order valence-corrected chi connectivity index (χ0v) is 12.5. The van der Waals surface area contributed by atoms with Crippen LogP contribution in [0, 0.1) is 0 Å². The number of hydroxylamine groups is 1. The van der Waals surface area contributed by atoms with Crippen LogP contribution >= 0.6 is 11.3 Å². The smallest absolute Gasteiger partial charge is 0.211 e. The molecular weight excluding hydrogens is 290 g/mol. The molecule has 0 bridgehead atoms. The average Bonchev–Trinajstić information content (AvgIpc) is 2.94. The molecule has 0 saturated heterocycles. The molecule has 2 aromatic rings. The molecule has 21 heavy (non-hydrogen) atoms. The summed E-state index contributed by atoms with van der Waals surface area (Å²) in [5.74, 6) is 1.43. The van der Waals surface area contributed by atoms with E-state index >= 15 is 0 Å². The van der Waals surface area contributed by atoms with Gasteiger partial charge in [0.25, 0.3) is 0 Å². The number of ether oxygens (including phenoxy) is 2. The van der Waals surface area contributed by atoms with Gasteiger partial charge in [-0.2, -0.15) is 0 Å². The van der Waals surface area contributed by atoms with Gasteiger partial charge in [0, 0.05) is 10.4 Å². The number of thiazole rings is 1. The first kappa shape index (κ1) is 13.8. The van der Waals surface area contributed by atoms with Crippen molar-refractivity contribution in [3.8, 4) is 22.8 Å². The van der Waals surface area contributed by atoms with Crippen LogP contribution in [0.3, 0.4) is 0 Å². The van der Waals surface area contributed by atoms with Gasteiger partial charge in [-0.3, -0.25) is 10.7 Å². The Morgan fingerprint density at radius 1 is 1.29 bits per heavy atom. The summed E-state index contributed by atoms with van der Waals surface area (Å²) in [6.07, 6.45) is 3.07. The quantitative estimate of drug-likeness (QED) is 0.516. The Morgan fingerprint density at radius 2 is 2.05 bits per heavy atom. The number of nitrogens with zero attached hydrogens (tertiary/aromatic N) is 2. The van der Waals surface area contributed by atoms with Gasteiger partial charge < -0.3 is 9.47 Å². The van der Waals surface area contributed by atoms with E-state index in [0.29, 0.717) is 10.9 Å². The summed E-state index contributed by atoms with van der Waals surface area (Å²) in [5, 5.41) is 9.18. The van der Waals surface area contributed by atoms with E-state index < -0.39 is 0 Å². The van der Waals surface area contributed by atoms with Gasteiger partial charge in [-0.25, -0.2) is 9.98 Å². The first-order valence-electron chi connectivity index (χ1n) is 6.44. The van der Waals surface area contributed by atoms with Crippen molar-refractivity contribution in [1.82, 2.24) is 10.5 Å². The summed E-state index contributed by atoms with van der Waals surface area (Å²) >= 11 is 1.53. The number of aromatic nitrogens is 1. The normalized spacial score (nSPS) is 12.9. The third-order valence-corrected chi connectivity index (χ3v) is 4.43. The molecule has 0 atom stereocenters. The molecule has 1 aromatic heterocycles. The van der Waals surface area contributed by atoms with Crippen LogP contribution in [0.5, 0.6) is 11.5 Å². The largest absolute Gasteiger partial charge is 0.493 e. The standard InChI is InChI=1S/C14H15N3O3S/c1-19-10-5-8-3-4-12-13(9(8)6-11(10)20-2)17-14(21-12)15-7-16-18/h5-7,18H,3-4H2,1-2H3,(H,15,16,17). The summed E-state index contributed by atoms with van der Waals surface area (Å²) in [5.41, 5.74) is 5.08. The van der Waals surface area contributed by atoms with E-state index in [9.17, 15) is 0 Å². The molecule has 1 heterocycles. The minimum atomic E-state index is 0.615. The molecule has 0 saturated carbocycles.